The first-order valence-electron chi connectivity index (χ1n) is 9.20. The standard InChI is InChI=1S/C21H22N4O5/c1-13-5-3-4-6-16(13)17(23-21(22)27)11-19(26)29-12-18-24-20(30-25-18)14-7-9-15(28-2)10-8-14/h3-10,17H,11-12H2,1-2H3,(H3,22,23,27). The maximum atomic E-state index is 12.3. The fraction of sp³-hybridized carbons (Fsp3) is 0.238. The van der Waals surface area contributed by atoms with Gasteiger partial charge in [0.05, 0.1) is 19.6 Å². The lowest BCUT2D eigenvalue weighted by atomic mass is 9.99. The lowest BCUT2D eigenvalue weighted by Crippen LogP contribution is -2.35. The number of benzene rings is 2. The van der Waals surface area contributed by atoms with Gasteiger partial charge < -0.3 is 25.0 Å². The highest BCUT2D eigenvalue weighted by Gasteiger charge is 2.20. The molecule has 0 saturated carbocycles. The molecule has 3 N–H and O–H groups in total. The molecule has 1 heterocycles. The van der Waals surface area contributed by atoms with Crippen LogP contribution in [0.25, 0.3) is 11.5 Å². The van der Waals surface area contributed by atoms with Crippen molar-refractivity contribution in [2.75, 3.05) is 7.11 Å². The average molecular weight is 410 g/mol. The summed E-state index contributed by atoms with van der Waals surface area (Å²) in [6, 6.07) is 13.2. The van der Waals surface area contributed by atoms with E-state index in [-0.39, 0.29) is 18.9 Å². The normalized spacial score (nSPS) is 11.5. The number of primary amides is 1. The van der Waals surface area contributed by atoms with Crippen LogP contribution in [0.15, 0.2) is 53.1 Å². The van der Waals surface area contributed by atoms with E-state index in [1.165, 1.54) is 0 Å². The summed E-state index contributed by atoms with van der Waals surface area (Å²) in [6.07, 6.45) is -0.0863. The lowest BCUT2D eigenvalue weighted by molar-refractivity contribution is -0.145. The van der Waals surface area contributed by atoms with Crippen molar-refractivity contribution >= 4 is 12.0 Å². The Balaban J connectivity index is 1.61. The van der Waals surface area contributed by atoms with E-state index >= 15 is 0 Å². The van der Waals surface area contributed by atoms with Gasteiger partial charge in [-0.1, -0.05) is 29.4 Å². The van der Waals surface area contributed by atoms with Gasteiger partial charge in [-0.05, 0) is 42.3 Å². The van der Waals surface area contributed by atoms with Gasteiger partial charge in [0.15, 0.2) is 6.61 Å². The summed E-state index contributed by atoms with van der Waals surface area (Å²) < 4.78 is 15.6. The zero-order valence-electron chi connectivity index (χ0n) is 16.6. The van der Waals surface area contributed by atoms with E-state index in [4.69, 9.17) is 19.7 Å². The number of aryl methyl sites for hydroxylation is 1. The van der Waals surface area contributed by atoms with Crippen LogP contribution in [-0.2, 0) is 16.1 Å². The number of nitrogens with zero attached hydrogens (tertiary/aromatic N) is 2. The van der Waals surface area contributed by atoms with Crippen LogP contribution in [0.1, 0.15) is 29.4 Å². The van der Waals surface area contributed by atoms with Crippen LogP contribution >= 0.6 is 0 Å². The quantitative estimate of drug-likeness (QED) is 0.546. The lowest BCUT2D eigenvalue weighted by Gasteiger charge is -2.19. The van der Waals surface area contributed by atoms with Crippen molar-refractivity contribution in [1.29, 1.82) is 0 Å². The van der Waals surface area contributed by atoms with Gasteiger partial charge in [-0.15, -0.1) is 0 Å². The maximum absolute atomic E-state index is 12.3. The third kappa shape index (κ3) is 5.34. The van der Waals surface area contributed by atoms with Crippen LogP contribution in [0.5, 0.6) is 5.75 Å². The Bertz CT molecular complexity index is 1020. The number of aromatic nitrogens is 2. The number of ether oxygens (including phenoxy) is 2. The molecular formula is C21H22N4O5. The fourth-order valence-corrected chi connectivity index (χ4v) is 2.92. The van der Waals surface area contributed by atoms with Gasteiger partial charge in [-0.3, -0.25) is 4.79 Å². The number of nitrogens with one attached hydrogen (secondary N) is 1. The summed E-state index contributed by atoms with van der Waals surface area (Å²) in [6.45, 7) is 1.73. The molecule has 0 saturated heterocycles. The first-order valence-corrected chi connectivity index (χ1v) is 9.20. The number of rotatable bonds is 8. The third-order valence-corrected chi connectivity index (χ3v) is 4.42. The number of nitrogens with two attached hydrogens (primary N) is 1. The second-order valence-corrected chi connectivity index (χ2v) is 6.53. The summed E-state index contributed by atoms with van der Waals surface area (Å²) in [4.78, 5) is 27.9. The molecule has 2 aromatic carbocycles. The summed E-state index contributed by atoms with van der Waals surface area (Å²) in [5.74, 6) is 0.703. The molecule has 30 heavy (non-hydrogen) atoms. The van der Waals surface area contributed by atoms with Gasteiger partial charge in [-0.25, -0.2) is 4.79 Å². The van der Waals surface area contributed by atoms with E-state index < -0.39 is 18.0 Å². The predicted octanol–water partition coefficient (Wildman–Crippen LogP) is 2.90. The molecular weight excluding hydrogens is 388 g/mol. The molecule has 3 aromatic rings. The van der Waals surface area contributed by atoms with Crippen LogP contribution in [0, 0.1) is 6.92 Å². The number of carbonyl (C=O) groups is 2. The van der Waals surface area contributed by atoms with Gasteiger partial charge in [0.2, 0.25) is 5.82 Å². The van der Waals surface area contributed by atoms with E-state index in [0.717, 1.165) is 11.1 Å². The minimum Gasteiger partial charge on any atom is -0.497 e. The maximum Gasteiger partial charge on any atom is 0.312 e. The molecule has 0 aliphatic rings. The molecule has 0 bridgehead atoms. The Hall–Kier alpha value is -3.88. The molecule has 0 fully saturated rings. The van der Waals surface area contributed by atoms with E-state index in [0.29, 0.717) is 17.2 Å². The van der Waals surface area contributed by atoms with E-state index in [1.54, 1.807) is 31.4 Å². The molecule has 9 heteroatoms. The number of urea groups is 1. The van der Waals surface area contributed by atoms with Crippen molar-refractivity contribution in [1.82, 2.24) is 15.5 Å². The van der Waals surface area contributed by atoms with Gasteiger partial charge in [0.25, 0.3) is 5.89 Å². The number of carbonyl (C=O) groups excluding carboxylic acids is 2. The second-order valence-electron chi connectivity index (χ2n) is 6.53. The predicted molar refractivity (Wildman–Crippen MR) is 107 cm³/mol. The molecule has 2 amide bonds. The summed E-state index contributed by atoms with van der Waals surface area (Å²) >= 11 is 0. The van der Waals surface area contributed by atoms with Crippen LogP contribution in [0.2, 0.25) is 0 Å². The third-order valence-electron chi connectivity index (χ3n) is 4.42. The first-order chi connectivity index (χ1) is 14.5. The molecule has 3 rings (SSSR count). The van der Waals surface area contributed by atoms with Crippen molar-refractivity contribution < 1.29 is 23.6 Å². The molecule has 0 spiro atoms. The minimum absolute atomic E-state index is 0.0863. The fourth-order valence-electron chi connectivity index (χ4n) is 2.92. The molecule has 1 atom stereocenters. The Kier molecular flexibility index (Phi) is 6.63. The SMILES string of the molecule is COc1ccc(-c2nc(COC(=O)CC(NC(N)=O)c3ccccc3C)no2)cc1. The molecule has 0 radical (unpaired) electrons. The zero-order chi connectivity index (χ0) is 21.5. The molecule has 0 aliphatic carbocycles. The Morgan fingerprint density at radius 2 is 1.90 bits per heavy atom. The minimum atomic E-state index is -0.724. The Morgan fingerprint density at radius 1 is 1.17 bits per heavy atom. The Morgan fingerprint density at radius 3 is 2.57 bits per heavy atom. The largest absolute Gasteiger partial charge is 0.497 e. The van der Waals surface area contributed by atoms with Crippen LogP contribution < -0.4 is 15.8 Å². The summed E-state index contributed by atoms with van der Waals surface area (Å²) in [7, 11) is 1.58. The van der Waals surface area contributed by atoms with Gasteiger partial charge >= 0.3 is 12.0 Å². The first kappa shape index (κ1) is 20.8. The van der Waals surface area contributed by atoms with Crippen molar-refractivity contribution in [2.24, 2.45) is 5.73 Å². The molecule has 0 aliphatic heterocycles. The van der Waals surface area contributed by atoms with Gasteiger partial charge in [0, 0.05) is 5.56 Å². The van der Waals surface area contributed by atoms with E-state index in [2.05, 4.69) is 15.5 Å². The van der Waals surface area contributed by atoms with E-state index in [9.17, 15) is 9.59 Å². The number of methoxy groups -OCH3 is 1. The van der Waals surface area contributed by atoms with Gasteiger partial charge in [0.1, 0.15) is 5.75 Å². The summed E-state index contributed by atoms with van der Waals surface area (Å²) in [5.41, 5.74) is 7.68. The highest BCUT2D eigenvalue weighted by Crippen LogP contribution is 2.22. The topological polar surface area (TPSA) is 130 Å². The van der Waals surface area contributed by atoms with Crippen molar-refractivity contribution in [2.45, 2.75) is 26.0 Å². The second kappa shape index (κ2) is 9.55. The molecule has 156 valence electrons. The zero-order valence-corrected chi connectivity index (χ0v) is 16.6. The highest BCUT2D eigenvalue weighted by atomic mass is 16.5. The monoisotopic (exact) mass is 410 g/mol. The highest BCUT2D eigenvalue weighted by molar-refractivity contribution is 5.75. The van der Waals surface area contributed by atoms with Crippen molar-refractivity contribution in [3.8, 4) is 17.2 Å². The van der Waals surface area contributed by atoms with Gasteiger partial charge in [-0.2, -0.15) is 4.98 Å². The summed E-state index contributed by atoms with van der Waals surface area (Å²) in [5, 5.41) is 6.40. The van der Waals surface area contributed by atoms with E-state index in [1.807, 2.05) is 31.2 Å². The number of amides is 2. The van der Waals surface area contributed by atoms with Crippen LogP contribution in [0.3, 0.4) is 0 Å². The number of esters is 1. The molecule has 1 unspecified atom stereocenters. The average Bonchev–Trinajstić information content (AvgIpc) is 3.21. The molecule has 1 aromatic heterocycles. The van der Waals surface area contributed by atoms with Crippen molar-refractivity contribution in [3.63, 3.8) is 0 Å². The molecule has 9 nitrogen and oxygen atoms in total. The number of hydrogen-bond acceptors (Lipinski definition) is 7. The van der Waals surface area contributed by atoms with Crippen molar-refractivity contribution in [3.05, 3.63) is 65.5 Å². The Labute approximate surface area is 173 Å². The van der Waals surface area contributed by atoms with Crippen LogP contribution in [0.4, 0.5) is 4.79 Å². The number of hydrogen-bond donors (Lipinski definition) is 2. The van der Waals surface area contributed by atoms with Crippen LogP contribution in [-0.4, -0.2) is 29.3 Å². The smallest absolute Gasteiger partial charge is 0.312 e.